The molecule has 3 saturated carbocycles. The number of hydrogen-bond acceptors (Lipinski definition) is 10. The van der Waals surface area contributed by atoms with Crippen LogP contribution in [0.15, 0.2) is 47.6 Å². The van der Waals surface area contributed by atoms with Gasteiger partial charge in [0.05, 0.1) is 12.2 Å². The van der Waals surface area contributed by atoms with E-state index in [0.717, 1.165) is 19.3 Å². The number of hydrogen-bond donors (Lipinski definition) is 2. The quantitative estimate of drug-likeness (QED) is 0.158. The summed E-state index contributed by atoms with van der Waals surface area (Å²) in [4.78, 5) is 36.4. The van der Waals surface area contributed by atoms with Gasteiger partial charge in [-0.25, -0.2) is 24.2 Å². The minimum Gasteiger partial charge on any atom is -0.476 e. The summed E-state index contributed by atoms with van der Waals surface area (Å²) in [5.41, 5.74) is 0.0986. The van der Waals surface area contributed by atoms with E-state index in [1.807, 2.05) is 30.4 Å². The molecule has 2 amide bonds. The Morgan fingerprint density at radius 3 is 2.41 bits per heavy atom. The van der Waals surface area contributed by atoms with E-state index in [4.69, 9.17) is 21.1 Å². The first-order valence-electron chi connectivity index (χ1n) is 17.7. The van der Waals surface area contributed by atoms with Crippen molar-refractivity contribution in [3.8, 4) is 11.7 Å². The van der Waals surface area contributed by atoms with Gasteiger partial charge >= 0.3 is 6.09 Å². The van der Waals surface area contributed by atoms with Gasteiger partial charge in [0.1, 0.15) is 16.6 Å². The van der Waals surface area contributed by atoms with Crippen molar-refractivity contribution in [3.05, 3.63) is 53.3 Å². The molecule has 4 fully saturated rings. The van der Waals surface area contributed by atoms with E-state index >= 15 is 0 Å². The maximum atomic E-state index is 13.2. The lowest BCUT2D eigenvalue weighted by molar-refractivity contribution is 0.00293. The Labute approximate surface area is 303 Å². The number of ether oxygens (including phenoxy) is 2. The summed E-state index contributed by atoms with van der Waals surface area (Å²) < 4.78 is 41.6. The molecule has 7 rings (SSSR count). The van der Waals surface area contributed by atoms with Gasteiger partial charge in [-0.15, -0.1) is 5.10 Å². The van der Waals surface area contributed by atoms with Crippen LogP contribution in [-0.4, -0.2) is 75.4 Å². The maximum absolute atomic E-state index is 13.2. The molecule has 2 N–H and O–H groups in total. The molecule has 1 atom stereocenters. The standard InChI is InChI=1S/C36H46ClN7O6S/c1-33(2,3)50-32(46)44-23(13-15-34(44,4)5)8-7-20-38-26-9-6-10-29(39-26)51(47,48)42-31(45)24-11-12-27(40-30(24)37)43-21-14-28(41-43)49-22-25-35(16-17-35)36(25)18-19-36/h6,9-12,14,21,23,25H,7-8,13,15-20,22H2,1-5H3,(H,38,39)(H,42,45)/t23-/m0/s1. The van der Waals surface area contributed by atoms with E-state index in [0.29, 0.717) is 53.8 Å². The van der Waals surface area contributed by atoms with Gasteiger partial charge in [-0.05, 0) is 121 Å². The van der Waals surface area contributed by atoms with Crippen molar-refractivity contribution in [3.63, 3.8) is 0 Å². The Balaban J connectivity index is 0.913. The second-order valence-corrected chi connectivity index (χ2v) is 18.0. The molecule has 3 aromatic rings. The monoisotopic (exact) mass is 739 g/mol. The molecule has 0 radical (unpaired) electrons. The number of sulfonamides is 1. The molecule has 0 unspecified atom stereocenters. The number of halogens is 1. The van der Waals surface area contributed by atoms with Crippen LogP contribution in [0.4, 0.5) is 10.6 Å². The Morgan fingerprint density at radius 1 is 1.02 bits per heavy atom. The van der Waals surface area contributed by atoms with Crippen molar-refractivity contribution in [2.45, 2.75) is 108 Å². The molecule has 1 saturated heterocycles. The summed E-state index contributed by atoms with van der Waals surface area (Å²) in [6.45, 7) is 10.8. The highest BCUT2D eigenvalue weighted by Crippen LogP contribution is 2.92. The van der Waals surface area contributed by atoms with Crippen LogP contribution >= 0.6 is 11.6 Å². The fourth-order valence-electron chi connectivity index (χ4n) is 8.21. The number of likely N-dealkylation sites (tertiary alicyclic amines) is 1. The number of rotatable bonds is 12. The van der Waals surface area contributed by atoms with E-state index in [1.54, 1.807) is 24.4 Å². The number of nitrogens with zero attached hydrogens (tertiary/aromatic N) is 5. The molecule has 3 aliphatic carbocycles. The highest BCUT2D eigenvalue weighted by molar-refractivity contribution is 7.90. The average molecular weight is 740 g/mol. The third kappa shape index (κ3) is 7.01. The molecule has 274 valence electrons. The molecule has 1 aliphatic heterocycles. The topological polar surface area (TPSA) is 158 Å². The van der Waals surface area contributed by atoms with Gasteiger partial charge in [0.2, 0.25) is 5.88 Å². The van der Waals surface area contributed by atoms with Crippen molar-refractivity contribution in [2.24, 2.45) is 16.7 Å². The first-order valence-corrected chi connectivity index (χ1v) is 19.6. The van der Waals surface area contributed by atoms with Gasteiger partial charge in [0.25, 0.3) is 15.9 Å². The molecule has 15 heteroatoms. The zero-order valence-electron chi connectivity index (χ0n) is 29.7. The Hall–Kier alpha value is -3.91. The lowest BCUT2D eigenvalue weighted by Crippen LogP contribution is -2.49. The van der Waals surface area contributed by atoms with E-state index < -0.39 is 21.5 Å². The smallest absolute Gasteiger partial charge is 0.410 e. The van der Waals surface area contributed by atoms with Crippen molar-refractivity contribution in [1.29, 1.82) is 0 Å². The number of carbonyl (C=O) groups excluding carboxylic acids is 2. The number of aromatic nitrogens is 4. The third-order valence-electron chi connectivity index (χ3n) is 11.0. The van der Waals surface area contributed by atoms with Crippen molar-refractivity contribution in [1.82, 2.24) is 29.4 Å². The molecule has 4 aliphatic rings. The number of carbonyl (C=O) groups is 2. The summed E-state index contributed by atoms with van der Waals surface area (Å²) in [7, 11) is -4.34. The van der Waals surface area contributed by atoms with Gasteiger partial charge in [-0.3, -0.25) is 4.79 Å². The SMILES string of the molecule is CC(C)(C)OC(=O)N1[C@@H](CCCNc2cccc(S(=O)(=O)NC(=O)c3ccc(-n4ccc(OCC5C6(CC6)C56CC6)n4)nc3Cl)n2)CCC1(C)C. The van der Waals surface area contributed by atoms with Crippen LogP contribution in [-0.2, 0) is 14.8 Å². The molecular weight excluding hydrogens is 694 g/mol. The minimum absolute atomic E-state index is 0.0367. The van der Waals surface area contributed by atoms with Crippen LogP contribution in [0, 0.1) is 16.7 Å². The number of nitrogens with one attached hydrogen (secondary N) is 2. The van der Waals surface area contributed by atoms with Crippen LogP contribution in [0.2, 0.25) is 5.15 Å². The number of pyridine rings is 2. The highest BCUT2D eigenvalue weighted by Gasteiger charge is 2.86. The lowest BCUT2D eigenvalue weighted by Gasteiger charge is -2.37. The fourth-order valence-corrected chi connectivity index (χ4v) is 9.38. The van der Waals surface area contributed by atoms with E-state index in [1.165, 1.54) is 48.6 Å². The van der Waals surface area contributed by atoms with Crippen molar-refractivity contribution < 1.29 is 27.5 Å². The number of anilines is 1. The summed E-state index contributed by atoms with van der Waals surface area (Å²) in [5, 5.41) is 7.11. The van der Waals surface area contributed by atoms with Crippen LogP contribution < -0.4 is 14.8 Å². The van der Waals surface area contributed by atoms with Gasteiger partial charge in [-0.1, -0.05) is 17.7 Å². The zero-order valence-corrected chi connectivity index (χ0v) is 31.3. The van der Waals surface area contributed by atoms with Crippen LogP contribution in [0.5, 0.6) is 5.88 Å². The zero-order chi connectivity index (χ0) is 36.4. The molecule has 2 spiro atoms. The van der Waals surface area contributed by atoms with Crippen molar-refractivity contribution >= 4 is 39.4 Å². The van der Waals surface area contributed by atoms with Crippen LogP contribution in [0.1, 0.15) is 96.3 Å². The fraction of sp³-hybridized carbons (Fsp3) is 0.583. The van der Waals surface area contributed by atoms with Gasteiger partial charge in [0.15, 0.2) is 10.8 Å². The van der Waals surface area contributed by atoms with E-state index in [2.05, 4.69) is 34.2 Å². The van der Waals surface area contributed by atoms with E-state index in [9.17, 15) is 18.0 Å². The lowest BCUT2D eigenvalue weighted by atomic mass is 10.0. The molecule has 4 heterocycles. The van der Waals surface area contributed by atoms with E-state index in [-0.39, 0.29) is 33.4 Å². The first kappa shape index (κ1) is 35.5. The van der Waals surface area contributed by atoms with Gasteiger partial charge in [-0.2, -0.15) is 8.42 Å². The molecule has 13 nitrogen and oxygen atoms in total. The molecule has 0 bridgehead atoms. The minimum atomic E-state index is -4.34. The average Bonchev–Trinajstić information content (AvgIpc) is 4.00. The molecular formula is C36H46ClN7O6S. The normalized spacial score (nSPS) is 21.1. The second kappa shape index (κ2) is 12.6. The number of amides is 2. The predicted molar refractivity (Wildman–Crippen MR) is 190 cm³/mol. The number of fused-ring (bicyclic) bond motifs is 1. The Kier molecular flexibility index (Phi) is 8.80. The summed E-state index contributed by atoms with van der Waals surface area (Å²) in [5.74, 6) is 0.874. The molecule has 0 aromatic carbocycles. The maximum Gasteiger partial charge on any atom is 0.410 e. The third-order valence-corrected chi connectivity index (χ3v) is 12.6. The Bertz CT molecular complexity index is 1930. The predicted octanol–water partition coefficient (Wildman–Crippen LogP) is 6.37. The largest absolute Gasteiger partial charge is 0.476 e. The van der Waals surface area contributed by atoms with Crippen LogP contribution in [0.3, 0.4) is 0 Å². The summed E-state index contributed by atoms with van der Waals surface area (Å²) in [6, 6.07) is 9.23. The molecule has 51 heavy (non-hydrogen) atoms. The summed E-state index contributed by atoms with van der Waals surface area (Å²) in [6.07, 6.45) is 9.88. The van der Waals surface area contributed by atoms with Gasteiger partial charge in [0, 0.05) is 36.3 Å². The first-order chi connectivity index (χ1) is 24.0. The summed E-state index contributed by atoms with van der Waals surface area (Å²) >= 11 is 6.36. The van der Waals surface area contributed by atoms with Crippen LogP contribution in [0.25, 0.3) is 5.82 Å². The molecule has 3 aromatic heterocycles. The second-order valence-electron chi connectivity index (χ2n) is 16.0. The Morgan fingerprint density at radius 2 is 1.75 bits per heavy atom. The highest BCUT2D eigenvalue weighted by atomic mass is 35.5. The van der Waals surface area contributed by atoms with Crippen molar-refractivity contribution in [2.75, 3.05) is 18.5 Å². The van der Waals surface area contributed by atoms with Gasteiger partial charge < -0.3 is 19.7 Å².